The molecule has 0 aliphatic rings. The van der Waals surface area contributed by atoms with Gasteiger partial charge in [-0.1, -0.05) is 113 Å². The molecule has 0 amide bonds. The molecule has 1 radical (unpaired) electrons. The summed E-state index contributed by atoms with van der Waals surface area (Å²) < 4.78 is 0. The monoisotopic (exact) mass is 293 g/mol. The van der Waals surface area contributed by atoms with Gasteiger partial charge in [0.25, 0.3) is 0 Å². The molecule has 117 valence electrons. The Kier molecular flexibility index (Phi) is 7.80. The van der Waals surface area contributed by atoms with Gasteiger partial charge in [-0.05, 0) is 17.5 Å². The van der Waals surface area contributed by atoms with Crippen molar-refractivity contribution in [1.29, 1.82) is 0 Å². The van der Waals surface area contributed by atoms with Gasteiger partial charge < -0.3 is 0 Å². The van der Waals surface area contributed by atoms with E-state index >= 15 is 0 Å². The Morgan fingerprint density at radius 1 is 0.591 bits per heavy atom. The first-order valence-electron chi connectivity index (χ1n) is 8.88. The molecule has 0 heteroatoms. The lowest BCUT2D eigenvalue weighted by Crippen LogP contribution is -2.02. The van der Waals surface area contributed by atoms with Gasteiger partial charge in [-0.25, -0.2) is 0 Å². The molecule has 22 heavy (non-hydrogen) atoms. The van der Waals surface area contributed by atoms with Crippen LogP contribution >= 0.6 is 0 Å². The number of unbranched alkanes of at least 4 members (excludes halogenated alkanes) is 6. The Morgan fingerprint density at radius 3 is 1.55 bits per heavy atom. The van der Waals surface area contributed by atoms with Gasteiger partial charge in [-0.3, -0.25) is 0 Å². The van der Waals surface area contributed by atoms with Crippen molar-refractivity contribution in [2.75, 3.05) is 0 Å². The molecule has 2 aromatic rings. The van der Waals surface area contributed by atoms with Gasteiger partial charge >= 0.3 is 0 Å². The van der Waals surface area contributed by atoms with E-state index in [1.807, 2.05) is 0 Å². The molecule has 0 atom stereocenters. The van der Waals surface area contributed by atoms with Gasteiger partial charge in [0.1, 0.15) is 0 Å². The van der Waals surface area contributed by atoms with Crippen molar-refractivity contribution in [3.8, 4) is 0 Å². The number of benzene rings is 2. The van der Waals surface area contributed by atoms with Crippen LogP contribution in [-0.4, -0.2) is 0 Å². The van der Waals surface area contributed by atoms with Crippen molar-refractivity contribution >= 4 is 0 Å². The molecular formula is C22H29. The van der Waals surface area contributed by atoms with Crippen LogP contribution in [0.15, 0.2) is 60.7 Å². The van der Waals surface area contributed by atoms with Crippen LogP contribution in [0.3, 0.4) is 0 Å². The van der Waals surface area contributed by atoms with E-state index in [1.165, 1.54) is 68.4 Å². The van der Waals surface area contributed by atoms with Crippen molar-refractivity contribution < 1.29 is 0 Å². The predicted octanol–water partition coefficient (Wildman–Crippen LogP) is 6.80. The largest absolute Gasteiger partial charge is 0.0654 e. The summed E-state index contributed by atoms with van der Waals surface area (Å²) in [4.78, 5) is 0. The minimum absolute atomic E-state index is 1.18. The second-order valence-electron chi connectivity index (χ2n) is 6.08. The predicted molar refractivity (Wildman–Crippen MR) is 96.9 cm³/mol. The molecule has 0 saturated carbocycles. The second kappa shape index (κ2) is 10.2. The number of hydrogen-bond donors (Lipinski definition) is 0. The molecule has 2 aromatic carbocycles. The SMILES string of the molecule is CCCCCCCCC[C](c1ccccc1)c1ccccc1. The normalized spacial score (nSPS) is 11.0. The van der Waals surface area contributed by atoms with Crippen LogP contribution < -0.4 is 0 Å². The highest BCUT2D eigenvalue weighted by molar-refractivity contribution is 5.45. The van der Waals surface area contributed by atoms with E-state index in [-0.39, 0.29) is 0 Å². The molecule has 0 fully saturated rings. The maximum absolute atomic E-state index is 2.28. The van der Waals surface area contributed by atoms with Crippen molar-refractivity contribution in [3.63, 3.8) is 0 Å². The standard InChI is InChI=1S/C22H29/c1-2-3-4-5-6-7-14-19-22(20-15-10-8-11-16-20)21-17-12-9-13-18-21/h8-13,15-18H,2-7,14,19H2,1H3. The summed E-state index contributed by atoms with van der Waals surface area (Å²) in [6.45, 7) is 2.28. The summed E-state index contributed by atoms with van der Waals surface area (Å²) in [7, 11) is 0. The van der Waals surface area contributed by atoms with E-state index in [0.29, 0.717) is 0 Å². The van der Waals surface area contributed by atoms with Crippen LogP contribution in [0.5, 0.6) is 0 Å². The molecule has 0 aliphatic carbocycles. The third kappa shape index (κ3) is 5.67. The topological polar surface area (TPSA) is 0 Å². The molecular weight excluding hydrogens is 264 g/mol. The summed E-state index contributed by atoms with van der Waals surface area (Å²) in [6.07, 6.45) is 10.8. The van der Waals surface area contributed by atoms with E-state index in [1.54, 1.807) is 0 Å². The van der Waals surface area contributed by atoms with Crippen LogP contribution in [0.2, 0.25) is 0 Å². The minimum Gasteiger partial charge on any atom is -0.0654 e. The highest BCUT2D eigenvalue weighted by atomic mass is 14.2. The molecule has 0 spiro atoms. The Balaban J connectivity index is 1.87. The molecule has 0 saturated heterocycles. The zero-order valence-electron chi connectivity index (χ0n) is 13.9. The van der Waals surface area contributed by atoms with Gasteiger partial charge in [0.05, 0.1) is 0 Å². The molecule has 0 N–H and O–H groups in total. The molecule has 0 nitrogen and oxygen atoms in total. The summed E-state index contributed by atoms with van der Waals surface area (Å²) in [5.41, 5.74) is 2.75. The van der Waals surface area contributed by atoms with Gasteiger partial charge in [0.15, 0.2) is 0 Å². The van der Waals surface area contributed by atoms with Crippen molar-refractivity contribution in [2.45, 2.75) is 58.3 Å². The van der Waals surface area contributed by atoms with E-state index in [9.17, 15) is 0 Å². The maximum Gasteiger partial charge on any atom is 0.0340 e. The summed E-state index contributed by atoms with van der Waals surface area (Å²) in [5.74, 6) is 1.50. The highest BCUT2D eigenvalue weighted by Gasteiger charge is 2.13. The van der Waals surface area contributed by atoms with Gasteiger partial charge in [-0.2, -0.15) is 0 Å². The lowest BCUT2D eigenvalue weighted by atomic mass is 9.87. The lowest BCUT2D eigenvalue weighted by Gasteiger charge is -2.17. The van der Waals surface area contributed by atoms with E-state index in [0.717, 1.165) is 0 Å². The average molecular weight is 293 g/mol. The fourth-order valence-electron chi connectivity index (χ4n) is 2.99. The van der Waals surface area contributed by atoms with E-state index in [2.05, 4.69) is 67.6 Å². The fraction of sp³-hybridized carbons (Fsp3) is 0.409. The van der Waals surface area contributed by atoms with Crippen LogP contribution in [0, 0.1) is 5.92 Å². The zero-order valence-corrected chi connectivity index (χ0v) is 13.9. The molecule has 2 rings (SSSR count). The van der Waals surface area contributed by atoms with Crippen LogP contribution in [0.1, 0.15) is 69.4 Å². The summed E-state index contributed by atoms with van der Waals surface area (Å²) in [6, 6.07) is 21.7. The Labute approximate surface area is 136 Å². The molecule has 0 unspecified atom stereocenters. The first kappa shape index (κ1) is 16.8. The lowest BCUT2D eigenvalue weighted by molar-refractivity contribution is 0.583. The Hall–Kier alpha value is -1.56. The molecule has 0 bridgehead atoms. The van der Waals surface area contributed by atoms with Gasteiger partial charge in [-0.15, -0.1) is 0 Å². The van der Waals surface area contributed by atoms with Crippen LogP contribution in [0.4, 0.5) is 0 Å². The van der Waals surface area contributed by atoms with Crippen molar-refractivity contribution in [3.05, 3.63) is 77.7 Å². The first-order valence-corrected chi connectivity index (χ1v) is 8.88. The number of hydrogen-bond acceptors (Lipinski definition) is 0. The summed E-state index contributed by atoms with van der Waals surface area (Å²) >= 11 is 0. The Morgan fingerprint density at radius 2 is 1.05 bits per heavy atom. The van der Waals surface area contributed by atoms with Crippen molar-refractivity contribution in [1.82, 2.24) is 0 Å². The molecule has 0 heterocycles. The van der Waals surface area contributed by atoms with Crippen LogP contribution in [-0.2, 0) is 0 Å². The third-order valence-electron chi connectivity index (χ3n) is 4.27. The second-order valence-corrected chi connectivity index (χ2v) is 6.08. The fourth-order valence-corrected chi connectivity index (χ4v) is 2.99. The van der Waals surface area contributed by atoms with E-state index in [4.69, 9.17) is 0 Å². The van der Waals surface area contributed by atoms with E-state index < -0.39 is 0 Å². The van der Waals surface area contributed by atoms with Gasteiger partial charge in [0.2, 0.25) is 0 Å². The zero-order chi connectivity index (χ0) is 15.5. The van der Waals surface area contributed by atoms with Crippen LogP contribution in [0.25, 0.3) is 0 Å². The van der Waals surface area contributed by atoms with Crippen molar-refractivity contribution in [2.24, 2.45) is 0 Å². The maximum atomic E-state index is 2.28. The number of rotatable bonds is 10. The quantitative estimate of drug-likeness (QED) is 0.423. The average Bonchev–Trinajstić information content (AvgIpc) is 2.59. The molecule has 0 aliphatic heterocycles. The summed E-state index contributed by atoms with van der Waals surface area (Å²) in [5, 5.41) is 0. The molecule has 0 aromatic heterocycles. The van der Waals surface area contributed by atoms with Gasteiger partial charge in [0, 0.05) is 5.92 Å². The minimum atomic E-state index is 1.18. The third-order valence-corrected chi connectivity index (χ3v) is 4.27. The Bertz CT molecular complexity index is 446. The highest BCUT2D eigenvalue weighted by Crippen LogP contribution is 2.28. The first-order chi connectivity index (χ1) is 10.9. The smallest absolute Gasteiger partial charge is 0.0340 e.